The first kappa shape index (κ1) is 11.0. The minimum Gasteiger partial charge on any atom is -0.326 e. The molecule has 0 aromatic rings. The maximum atomic E-state index is 6.02. The standard InChI is InChI=1S/C10H23N3/c1-13(2)8-7-12-10-6-4-3-5-9(10)11/h9-10,12H,3-8,11H2,1-2H3/t9-,10+/m1/s1. The average molecular weight is 185 g/mol. The van der Waals surface area contributed by atoms with Gasteiger partial charge in [0.25, 0.3) is 0 Å². The Morgan fingerprint density at radius 2 is 2.00 bits per heavy atom. The lowest BCUT2D eigenvalue weighted by molar-refractivity contribution is 0.309. The van der Waals surface area contributed by atoms with Gasteiger partial charge in [-0.3, -0.25) is 0 Å². The van der Waals surface area contributed by atoms with E-state index in [0.29, 0.717) is 12.1 Å². The lowest BCUT2D eigenvalue weighted by Gasteiger charge is -2.29. The maximum absolute atomic E-state index is 6.02. The van der Waals surface area contributed by atoms with Crippen molar-refractivity contribution in [3.05, 3.63) is 0 Å². The zero-order valence-corrected chi connectivity index (χ0v) is 8.92. The van der Waals surface area contributed by atoms with E-state index in [2.05, 4.69) is 24.3 Å². The van der Waals surface area contributed by atoms with Crippen LogP contribution in [0.15, 0.2) is 0 Å². The number of nitrogens with one attached hydrogen (secondary N) is 1. The summed E-state index contributed by atoms with van der Waals surface area (Å²) in [6.07, 6.45) is 5.11. The fraction of sp³-hybridized carbons (Fsp3) is 1.00. The van der Waals surface area contributed by atoms with Gasteiger partial charge in [0, 0.05) is 25.2 Å². The third-order valence-corrected chi connectivity index (χ3v) is 2.78. The van der Waals surface area contributed by atoms with Crippen LogP contribution in [0.3, 0.4) is 0 Å². The van der Waals surface area contributed by atoms with E-state index >= 15 is 0 Å². The van der Waals surface area contributed by atoms with Crippen molar-refractivity contribution in [1.29, 1.82) is 0 Å². The number of hydrogen-bond acceptors (Lipinski definition) is 3. The smallest absolute Gasteiger partial charge is 0.0219 e. The van der Waals surface area contributed by atoms with E-state index < -0.39 is 0 Å². The predicted octanol–water partition coefficient (Wildman–Crippen LogP) is 0.408. The Kier molecular flexibility index (Phi) is 4.70. The van der Waals surface area contributed by atoms with Gasteiger partial charge < -0.3 is 16.0 Å². The van der Waals surface area contributed by atoms with Crippen LogP contribution in [-0.4, -0.2) is 44.2 Å². The topological polar surface area (TPSA) is 41.3 Å². The van der Waals surface area contributed by atoms with Crippen LogP contribution in [0, 0.1) is 0 Å². The number of nitrogens with two attached hydrogens (primary N) is 1. The molecule has 0 saturated heterocycles. The van der Waals surface area contributed by atoms with E-state index in [1.165, 1.54) is 25.7 Å². The van der Waals surface area contributed by atoms with E-state index in [1.807, 2.05) is 0 Å². The fourth-order valence-electron chi connectivity index (χ4n) is 1.89. The second-order valence-electron chi connectivity index (χ2n) is 4.31. The Hall–Kier alpha value is -0.120. The number of likely N-dealkylation sites (N-methyl/N-ethyl adjacent to an activating group) is 1. The van der Waals surface area contributed by atoms with E-state index in [-0.39, 0.29) is 0 Å². The first-order valence-electron chi connectivity index (χ1n) is 5.34. The first-order valence-corrected chi connectivity index (χ1v) is 5.34. The van der Waals surface area contributed by atoms with Crippen LogP contribution in [0.4, 0.5) is 0 Å². The van der Waals surface area contributed by atoms with Crippen LogP contribution in [0.5, 0.6) is 0 Å². The molecule has 0 aromatic heterocycles. The minimum atomic E-state index is 0.385. The van der Waals surface area contributed by atoms with Crippen molar-refractivity contribution in [2.75, 3.05) is 27.2 Å². The van der Waals surface area contributed by atoms with Gasteiger partial charge in [0.15, 0.2) is 0 Å². The highest BCUT2D eigenvalue weighted by molar-refractivity contribution is 4.83. The van der Waals surface area contributed by atoms with Gasteiger partial charge in [0.05, 0.1) is 0 Å². The molecule has 0 unspecified atom stereocenters. The average Bonchev–Trinajstić information content (AvgIpc) is 2.08. The summed E-state index contributed by atoms with van der Waals surface area (Å²) in [5.41, 5.74) is 6.02. The number of hydrogen-bond donors (Lipinski definition) is 2. The van der Waals surface area contributed by atoms with E-state index in [0.717, 1.165) is 13.1 Å². The van der Waals surface area contributed by atoms with Gasteiger partial charge >= 0.3 is 0 Å². The van der Waals surface area contributed by atoms with Gasteiger partial charge in [-0.1, -0.05) is 12.8 Å². The Morgan fingerprint density at radius 3 is 2.62 bits per heavy atom. The predicted molar refractivity (Wildman–Crippen MR) is 56.8 cm³/mol. The monoisotopic (exact) mass is 185 g/mol. The molecule has 78 valence electrons. The summed E-state index contributed by atoms with van der Waals surface area (Å²) in [6.45, 7) is 2.16. The molecule has 0 radical (unpaired) electrons. The normalized spacial score (nSPS) is 29.5. The highest BCUT2D eigenvalue weighted by atomic mass is 15.1. The lowest BCUT2D eigenvalue weighted by Crippen LogP contribution is -2.48. The second kappa shape index (κ2) is 5.58. The van der Waals surface area contributed by atoms with Crippen molar-refractivity contribution in [3.8, 4) is 0 Å². The third-order valence-electron chi connectivity index (χ3n) is 2.78. The van der Waals surface area contributed by atoms with Crippen LogP contribution < -0.4 is 11.1 Å². The molecule has 0 aromatic carbocycles. The van der Waals surface area contributed by atoms with Crippen molar-refractivity contribution in [1.82, 2.24) is 10.2 Å². The summed E-state index contributed by atoms with van der Waals surface area (Å²) in [5.74, 6) is 0. The Labute approximate surface area is 81.7 Å². The fourth-order valence-corrected chi connectivity index (χ4v) is 1.89. The largest absolute Gasteiger partial charge is 0.326 e. The summed E-state index contributed by atoms with van der Waals surface area (Å²) in [6, 6.07) is 0.949. The van der Waals surface area contributed by atoms with Crippen LogP contribution >= 0.6 is 0 Å². The summed E-state index contributed by atoms with van der Waals surface area (Å²) < 4.78 is 0. The molecule has 3 nitrogen and oxygen atoms in total. The molecule has 1 saturated carbocycles. The van der Waals surface area contributed by atoms with Gasteiger partial charge in [-0.25, -0.2) is 0 Å². The third kappa shape index (κ3) is 4.07. The van der Waals surface area contributed by atoms with Crippen LogP contribution in [0.25, 0.3) is 0 Å². The highest BCUT2D eigenvalue weighted by Gasteiger charge is 2.20. The summed E-state index contributed by atoms with van der Waals surface area (Å²) >= 11 is 0. The molecule has 1 aliphatic carbocycles. The van der Waals surface area contributed by atoms with Crippen molar-refractivity contribution in [2.45, 2.75) is 37.8 Å². The van der Waals surface area contributed by atoms with Crippen molar-refractivity contribution >= 4 is 0 Å². The molecule has 1 fully saturated rings. The zero-order valence-electron chi connectivity index (χ0n) is 8.92. The van der Waals surface area contributed by atoms with Gasteiger partial charge in [-0.15, -0.1) is 0 Å². The molecule has 0 heterocycles. The van der Waals surface area contributed by atoms with Crippen molar-refractivity contribution in [2.24, 2.45) is 5.73 Å². The zero-order chi connectivity index (χ0) is 9.68. The van der Waals surface area contributed by atoms with Gasteiger partial charge in [-0.05, 0) is 26.9 Å². The Bertz CT molecular complexity index is 136. The molecule has 1 aliphatic rings. The lowest BCUT2D eigenvalue weighted by atomic mass is 9.91. The molecule has 3 N–H and O–H groups in total. The molecule has 0 spiro atoms. The molecule has 1 rings (SSSR count). The van der Waals surface area contributed by atoms with Gasteiger partial charge in [0.1, 0.15) is 0 Å². The Balaban J connectivity index is 2.11. The summed E-state index contributed by atoms with van der Waals surface area (Å²) in [4.78, 5) is 2.20. The van der Waals surface area contributed by atoms with E-state index in [1.54, 1.807) is 0 Å². The number of nitrogens with zero attached hydrogens (tertiary/aromatic N) is 1. The quantitative estimate of drug-likeness (QED) is 0.666. The van der Waals surface area contributed by atoms with E-state index in [9.17, 15) is 0 Å². The SMILES string of the molecule is CN(C)CCN[C@H]1CCCC[C@H]1N. The first-order chi connectivity index (χ1) is 6.20. The Morgan fingerprint density at radius 1 is 1.31 bits per heavy atom. The van der Waals surface area contributed by atoms with E-state index in [4.69, 9.17) is 5.73 Å². The van der Waals surface area contributed by atoms with Crippen LogP contribution in [0.2, 0.25) is 0 Å². The van der Waals surface area contributed by atoms with Crippen molar-refractivity contribution < 1.29 is 0 Å². The van der Waals surface area contributed by atoms with Gasteiger partial charge in [0.2, 0.25) is 0 Å². The molecule has 0 bridgehead atoms. The second-order valence-corrected chi connectivity index (χ2v) is 4.31. The molecule has 13 heavy (non-hydrogen) atoms. The molecule has 0 amide bonds. The molecule has 0 aliphatic heterocycles. The molecular weight excluding hydrogens is 162 g/mol. The molecule has 2 atom stereocenters. The molecular formula is C10H23N3. The summed E-state index contributed by atoms with van der Waals surface area (Å²) in [7, 11) is 4.20. The summed E-state index contributed by atoms with van der Waals surface area (Å²) in [5, 5.41) is 3.54. The molecule has 3 heteroatoms. The number of rotatable bonds is 4. The highest BCUT2D eigenvalue weighted by Crippen LogP contribution is 2.16. The van der Waals surface area contributed by atoms with Crippen molar-refractivity contribution in [3.63, 3.8) is 0 Å². The maximum Gasteiger partial charge on any atom is 0.0219 e. The van der Waals surface area contributed by atoms with Crippen LogP contribution in [-0.2, 0) is 0 Å². The minimum absolute atomic E-state index is 0.385. The van der Waals surface area contributed by atoms with Gasteiger partial charge in [-0.2, -0.15) is 0 Å². The van der Waals surface area contributed by atoms with Crippen LogP contribution in [0.1, 0.15) is 25.7 Å².